The molecule has 160 valence electrons. The maximum Gasteiger partial charge on any atom is -0.0136 e. The van der Waals surface area contributed by atoms with Crippen molar-refractivity contribution in [2.45, 2.75) is 25.7 Å². The lowest BCUT2D eigenvalue weighted by atomic mass is 9.68. The van der Waals surface area contributed by atoms with Gasteiger partial charge < -0.3 is 0 Å². The van der Waals surface area contributed by atoms with Crippen molar-refractivity contribution in [1.82, 2.24) is 0 Å². The van der Waals surface area contributed by atoms with E-state index in [1.165, 1.54) is 44.5 Å². The Morgan fingerprint density at radius 1 is 0.303 bits per heavy atom. The molecule has 0 radical (unpaired) electrons. The Balaban J connectivity index is 1.52. The van der Waals surface area contributed by atoms with Crippen molar-refractivity contribution >= 4 is 24.3 Å². The lowest BCUT2D eigenvalue weighted by Gasteiger charge is -2.35. The molecule has 8 aliphatic carbocycles. The normalized spacial score (nSPS) is 17.9. The third-order valence-corrected chi connectivity index (χ3v) is 7.17. The molecular weight excluding hydrogens is 396 g/mol. The molecule has 0 saturated heterocycles. The number of hydrogen-bond donors (Lipinski definition) is 0. The quantitative estimate of drug-likeness (QED) is 0.269. The van der Waals surface area contributed by atoms with Gasteiger partial charge in [0.15, 0.2) is 0 Å². The van der Waals surface area contributed by atoms with Crippen LogP contribution < -0.4 is 0 Å². The van der Waals surface area contributed by atoms with Gasteiger partial charge in [0.1, 0.15) is 0 Å². The first-order valence-corrected chi connectivity index (χ1v) is 11.9. The Morgan fingerprint density at radius 3 is 0.727 bits per heavy atom. The van der Waals surface area contributed by atoms with E-state index in [4.69, 9.17) is 0 Å². The maximum atomic E-state index is 2.33. The van der Waals surface area contributed by atoms with Crippen LogP contribution in [-0.2, 0) is 25.7 Å². The van der Waals surface area contributed by atoms with Gasteiger partial charge in [-0.15, -0.1) is 0 Å². The molecule has 33 heavy (non-hydrogen) atoms. The van der Waals surface area contributed by atoms with Gasteiger partial charge in [0.25, 0.3) is 0 Å². The minimum atomic E-state index is 0.0923. The SMILES string of the molecule is C1=C\c2ccc(cc2)CC2(Cc3ccc/1cc3)Cc1ccc(cc1)/C=C\c1ccc(cc1)C2. The minimum Gasteiger partial charge on any atom is -0.0584 e. The molecule has 0 heteroatoms. The molecule has 0 N–H and O–H groups in total. The van der Waals surface area contributed by atoms with Crippen LogP contribution >= 0.6 is 0 Å². The number of benzene rings is 4. The summed E-state index contributed by atoms with van der Waals surface area (Å²) in [4.78, 5) is 0. The molecular formula is C33H28. The number of hydrogen-bond acceptors (Lipinski definition) is 0. The van der Waals surface area contributed by atoms with Gasteiger partial charge in [-0.25, -0.2) is 0 Å². The molecule has 4 aromatic carbocycles. The van der Waals surface area contributed by atoms with Crippen molar-refractivity contribution < 1.29 is 0 Å². The van der Waals surface area contributed by atoms with Gasteiger partial charge in [-0.05, 0) is 75.6 Å². The van der Waals surface area contributed by atoms with Gasteiger partial charge in [0.2, 0.25) is 0 Å². The zero-order valence-electron chi connectivity index (χ0n) is 18.9. The van der Waals surface area contributed by atoms with Crippen LogP contribution in [-0.4, -0.2) is 0 Å². The van der Waals surface area contributed by atoms with Gasteiger partial charge in [-0.3, -0.25) is 0 Å². The van der Waals surface area contributed by atoms with Crippen molar-refractivity contribution in [3.05, 3.63) is 142 Å². The first-order chi connectivity index (χ1) is 16.2. The Labute approximate surface area is 196 Å². The molecule has 0 aliphatic heterocycles. The van der Waals surface area contributed by atoms with Crippen molar-refractivity contribution in [1.29, 1.82) is 0 Å². The van der Waals surface area contributed by atoms with Crippen LogP contribution in [0.2, 0.25) is 0 Å². The summed E-state index contributed by atoms with van der Waals surface area (Å²) >= 11 is 0. The van der Waals surface area contributed by atoms with Crippen LogP contribution in [0.4, 0.5) is 0 Å². The Bertz CT molecular complexity index is 1090. The second-order valence-electron chi connectivity index (χ2n) is 9.84. The van der Waals surface area contributed by atoms with Crippen molar-refractivity contribution in [2.24, 2.45) is 5.41 Å². The first-order valence-electron chi connectivity index (χ1n) is 11.9. The molecule has 0 aromatic heterocycles. The Hall–Kier alpha value is -3.64. The van der Waals surface area contributed by atoms with Crippen LogP contribution in [0.25, 0.3) is 24.3 Å². The lowest BCUT2D eigenvalue weighted by molar-refractivity contribution is 0.275. The topological polar surface area (TPSA) is 0 Å². The first kappa shape index (κ1) is 20.0. The van der Waals surface area contributed by atoms with E-state index in [0.29, 0.717) is 0 Å². The van der Waals surface area contributed by atoms with Gasteiger partial charge in [0, 0.05) is 0 Å². The maximum absolute atomic E-state index is 2.33. The molecule has 0 nitrogen and oxygen atoms in total. The highest BCUT2D eigenvalue weighted by Gasteiger charge is 2.32. The fraction of sp³-hybridized carbons (Fsp3) is 0.152. The highest BCUT2D eigenvalue weighted by molar-refractivity contribution is 5.70. The smallest absolute Gasteiger partial charge is 0.0136 e. The largest absolute Gasteiger partial charge is 0.0584 e. The Morgan fingerprint density at radius 2 is 0.515 bits per heavy atom. The van der Waals surface area contributed by atoms with E-state index in [9.17, 15) is 0 Å². The molecule has 8 bridgehead atoms. The molecule has 0 amide bonds. The molecule has 0 fully saturated rings. The van der Waals surface area contributed by atoms with E-state index in [1.54, 1.807) is 0 Å². The van der Waals surface area contributed by atoms with Crippen LogP contribution in [0.3, 0.4) is 0 Å². The lowest BCUT2D eigenvalue weighted by Crippen LogP contribution is -2.32. The molecule has 12 rings (SSSR count). The average Bonchev–Trinajstić information content (AvgIpc) is 2.90. The van der Waals surface area contributed by atoms with Crippen molar-refractivity contribution in [3.8, 4) is 0 Å². The van der Waals surface area contributed by atoms with Crippen LogP contribution in [0, 0.1) is 5.41 Å². The van der Waals surface area contributed by atoms with Crippen LogP contribution in [0.1, 0.15) is 44.5 Å². The summed E-state index contributed by atoms with van der Waals surface area (Å²) in [6, 6.07) is 36.7. The fourth-order valence-electron chi connectivity index (χ4n) is 5.48. The predicted molar refractivity (Wildman–Crippen MR) is 141 cm³/mol. The highest BCUT2D eigenvalue weighted by Crippen LogP contribution is 2.37. The molecule has 1 spiro atoms. The van der Waals surface area contributed by atoms with E-state index >= 15 is 0 Å². The average molecular weight is 425 g/mol. The van der Waals surface area contributed by atoms with E-state index < -0.39 is 0 Å². The summed E-state index contributed by atoms with van der Waals surface area (Å²) in [6.07, 6.45) is 13.1. The highest BCUT2D eigenvalue weighted by atomic mass is 14.4. The predicted octanol–water partition coefficient (Wildman–Crippen LogP) is 7.91. The third kappa shape index (κ3) is 4.47. The number of rotatable bonds is 0. The van der Waals surface area contributed by atoms with Crippen molar-refractivity contribution in [3.63, 3.8) is 0 Å². The summed E-state index contributed by atoms with van der Waals surface area (Å²) in [6.45, 7) is 0. The summed E-state index contributed by atoms with van der Waals surface area (Å²) in [5.41, 5.74) is 10.8. The van der Waals surface area contributed by atoms with Gasteiger partial charge in [0.05, 0.1) is 0 Å². The minimum absolute atomic E-state index is 0.0923. The van der Waals surface area contributed by atoms with Crippen molar-refractivity contribution in [2.75, 3.05) is 0 Å². The molecule has 0 heterocycles. The van der Waals surface area contributed by atoms with E-state index in [2.05, 4.69) is 121 Å². The fourth-order valence-corrected chi connectivity index (χ4v) is 5.48. The summed E-state index contributed by atoms with van der Waals surface area (Å²) in [7, 11) is 0. The van der Waals surface area contributed by atoms with E-state index in [-0.39, 0.29) is 5.41 Å². The standard InChI is InChI=1S/C33H28/c1-2-26-7-15-30(16-8-26)22-33(21-29-13-5-25(1)6-14-29)23-31-17-9-27(10-18-31)3-4-28-11-19-32(24-33)20-12-28/h1-20H,21-24H2/b2-1-,4-3-. The van der Waals surface area contributed by atoms with Gasteiger partial charge >= 0.3 is 0 Å². The Kier molecular flexibility index (Phi) is 5.07. The van der Waals surface area contributed by atoms with Crippen LogP contribution in [0.15, 0.2) is 97.1 Å². The summed E-state index contributed by atoms with van der Waals surface area (Å²) in [5.74, 6) is 0. The molecule has 4 aromatic rings. The zero-order chi connectivity index (χ0) is 22.1. The van der Waals surface area contributed by atoms with Crippen LogP contribution in [0.5, 0.6) is 0 Å². The summed E-state index contributed by atoms with van der Waals surface area (Å²) < 4.78 is 0. The monoisotopic (exact) mass is 424 g/mol. The van der Waals surface area contributed by atoms with E-state index in [1.807, 2.05) is 0 Å². The molecule has 0 atom stereocenters. The zero-order valence-corrected chi connectivity index (χ0v) is 18.9. The third-order valence-electron chi connectivity index (χ3n) is 7.17. The second kappa shape index (κ2) is 8.37. The van der Waals surface area contributed by atoms with Gasteiger partial charge in [-0.2, -0.15) is 0 Å². The van der Waals surface area contributed by atoms with E-state index in [0.717, 1.165) is 25.7 Å². The van der Waals surface area contributed by atoms with Gasteiger partial charge in [-0.1, -0.05) is 121 Å². The molecule has 0 saturated carbocycles. The second-order valence-corrected chi connectivity index (χ2v) is 9.84. The molecule has 0 unspecified atom stereocenters. The summed E-state index contributed by atoms with van der Waals surface area (Å²) in [5, 5.41) is 0. The molecule has 8 aliphatic rings.